The molecule has 0 fully saturated rings. The van der Waals surface area contributed by atoms with Crippen molar-refractivity contribution in [1.29, 1.82) is 0 Å². The lowest BCUT2D eigenvalue weighted by Gasteiger charge is -2.28. The van der Waals surface area contributed by atoms with Crippen LogP contribution >= 0.6 is 0 Å². The van der Waals surface area contributed by atoms with Crippen LogP contribution in [0, 0.1) is 6.92 Å². The van der Waals surface area contributed by atoms with Gasteiger partial charge in [-0.05, 0) is 36.1 Å². The molecule has 0 spiro atoms. The zero-order valence-corrected chi connectivity index (χ0v) is 12.3. The first-order valence-electron chi connectivity index (χ1n) is 7.33. The third-order valence-electron chi connectivity index (χ3n) is 4.58. The highest BCUT2D eigenvalue weighted by Gasteiger charge is 2.33. The summed E-state index contributed by atoms with van der Waals surface area (Å²) in [7, 11) is 2.01. The molecular weight excluding hydrogens is 258 g/mol. The molecule has 0 amide bonds. The summed E-state index contributed by atoms with van der Waals surface area (Å²) in [5, 5.41) is 1.07. The summed E-state index contributed by atoms with van der Waals surface area (Å²) in [6.07, 6.45) is 2.85. The summed E-state index contributed by atoms with van der Waals surface area (Å²) >= 11 is 0. The molecule has 1 heterocycles. The first-order chi connectivity index (χ1) is 10.1. The number of carbonyl (C=O) groups excluding carboxylic acids is 1. The van der Waals surface area contributed by atoms with Crippen molar-refractivity contribution < 1.29 is 4.79 Å². The van der Waals surface area contributed by atoms with Gasteiger partial charge in [0.25, 0.3) is 0 Å². The van der Waals surface area contributed by atoms with Gasteiger partial charge >= 0.3 is 0 Å². The number of Topliss-reactive ketones (excluding diaryl/α,β-unsaturated/α-hetero) is 1. The topological polar surface area (TPSA) is 22.0 Å². The first kappa shape index (κ1) is 12.4. The van der Waals surface area contributed by atoms with Gasteiger partial charge in [-0.15, -0.1) is 0 Å². The number of rotatable bonds is 2. The van der Waals surface area contributed by atoms with E-state index < -0.39 is 0 Å². The van der Waals surface area contributed by atoms with E-state index in [2.05, 4.69) is 41.8 Å². The molecule has 1 aliphatic carbocycles. The van der Waals surface area contributed by atoms with Gasteiger partial charge in [0.05, 0.1) is 5.92 Å². The van der Waals surface area contributed by atoms with Gasteiger partial charge in [0.2, 0.25) is 0 Å². The quantitative estimate of drug-likeness (QED) is 0.648. The molecule has 0 bridgehead atoms. The van der Waals surface area contributed by atoms with Crippen molar-refractivity contribution in [3.8, 4) is 0 Å². The Morgan fingerprint density at radius 1 is 1.19 bits per heavy atom. The van der Waals surface area contributed by atoms with E-state index in [1.807, 2.05) is 25.4 Å². The lowest BCUT2D eigenvalue weighted by molar-refractivity contribution is 0.0950. The van der Waals surface area contributed by atoms with E-state index in [0.717, 1.165) is 22.9 Å². The molecular formula is C19H17NO. The minimum absolute atomic E-state index is 0.0353. The third kappa shape index (κ3) is 1.75. The number of carbonyl (C=O) groups is 1. The Labute approximate surface area is 124 Å². The molecule has 0 aliphatic heterocycles. The average Bonchev–Trinajstić information content (AvgIpc) is 2.77. The van der Waals surface area contributed by atoms with Crippen molar-refractivity contribution in [1.82, 2.24) is 4.57 Å². The molecule has 0 saturated carbocycles. The van der Waals surface area contributed by atoms with Crippen LogP contribution in [0.5, 0.6) is 0 Å². The fraction of sp³-hybridized carbons (Fsp3) is 0.211. The Kier molecular flexibility index (Phi) is 2.55. The van der Waals surface area contributed by atoms with Crippen LogP contribution in [0.3, 0.4) is 0 Å². The van der Waals surface area contributed by atoms with Crippen LogP contribution < -0.4 is 0 Å². The lowest BCUT2D eigenvalue weighted by atomic mass is 9.74. The molecule has 104 valence electrons. The maximum atomic E-state index is 12.9. The summed E-state index contributed by atoms with van der Waals surface area (Å²) in [4.78, 5) is 12.9. The van der Waals surface area contributed by atoms with Crippen LogP contribution in [0.25, 0.3) is 10.9 Å². The van der Waals surface area contributed by atoms with Crippen molar-refractivity contribution in [2.24, 2.45) is 7.05 Å². The fourth-order valence-electron chi connectivity index (χ4n) is 3.37. The summed E-state index contributed by atoms with van der Waals surface area (Å²) in [5.41, 5.74) is 5.72. The van der Waals surface area contributed by atoms with Gasteiger partial charge < -0.3 is 4.57 Å². The highest BCUT2D eigenvalue weighted by Crippen LogP contribution is 2.38. The lowest BCUT2D eigenvalue weighted by Crippen LogP contribution is -2.25. The largest absolute Gasteiger partial charge is 0.350 e. The number of benzene rings is 2. The maximum absolute atomic E-state index is 12.9. The molecule has 1 atom stereocenters. The predicted octanol–water partition coefficient (Wildman–Crippen LogP) is 4.01. The number of aryl methyl sites for hydroxylation is 2. The summed E-state index contributed by atoms with van der Waals surface area (Å²) < 4.78 is 2.06. The number of ketones is 1. The SMILES string of the molecule is Cc1ccc2c(C(=O)C3Cc4ccccc43)cn(C)c2c1. The molecule has 1 aromatic heterocycles. The molecule has 2 heteroatoms. The summed E-state index contributed by atoms with van der Waals surface area (Å²) in [6.45, 7) is 2.08. The number of aromatic nitrogens is 1. The van der Waals surface area contributed by atoms with Crippen molar-refractivity contribution >= 4 is 16.7 Å². The second-order valence-electron chi connectivity index (χ2n) is 5.99. The highest BCUT2D eigenvalue weighted by atomic mass is 16.1. The second-order valence-corrected chi connectivity index (χ2v) is 5.99. The zero-order valence-electron chi connectivity index (χ0n) is 12.3. The van der Waals surface area contributed by atoms with E-state index in [1.165, 1.54) is 16.7 Å². The number of nitrogens with zero attached hydrogens (tertiary/aromatic N) is 1. The molecule has 2 aromatic carbocycles. The number of fused-ring (bicyclic) bond motifs is 2. The van der Waals surface area contributed by atoms with Gasteiger partial charge in [-0.2, -0.15) is 0 Å². The monoisotopic (exact) mass is 275 g/mol. The van der Waals surface area contributed by atoms with Crippen LogP contribution in [0.4, 0.5) is 0 Å². The van der Waals surface area contributed by atoms with Crippen LogP contribution in [0.15, 0.2) is 48.7 Å². The van der Waals surface area contributed by atoms with Crippen LogP contribution in [-0.2, 0) is 13.5 Å². The van der Waals surface area contributed by atoms with Crippen LogP contribution in [-0.4, -0.2) is 10.4 Å². The standard InChI is InChI=1S/C19H17NO/c1-12-7-8-15-17(11-20(2)18(15)9-12)19(21)16-10-13-5-3-4-6-14(13)16/h3-9,11,16H,10H2,1-2H3. The van der Waals surface area contributed by atoms with Crippen molar-refractivity contribution in [3.05, 3.63) is 70.9 Å². The molecule has 3 aromatic rings. The minimum atomic E-state index is 0.0353. The summed E-state index contributed by atoms with van der Waals surface area (Å²) in [6, 6.07) is 14.5. The predicted molar refractivity (Wildman–Crippen MR) is 84.9 cm³/mol. The number of hydrogen-bond acceptors (Lipinski definition) is 1. The van der Waals surface area contributed by atoms with Gasteiger partial charge in [0, 0.05) is 29.7 Å². The van der Waals surface area contributed by atoms with E-state index in [1.54, 1.807) is 0 Å². The Bertz CT molecular complexity index is 872. The molecule has 0 radical (unpaired) electrons. The first-order valence-corrected chi connectivity index (χ1v) is 7.33. The Morgan fingerprint density at radius 2 is 2.00 bits per heavy atom. The molecule has 1 aliphatic rings. The average molecular weight is 275 g/mol. The maximum Gasteiger partial charge on any atom is 0.172 e. The van der Waals surface area contributed by atoms with Crippen LogP contribution in [0.1, 0.15) is 33.0 Å². The van der Waals surface area contributed by atoms with Crippen molar-refractivity contribution in [2.45, 2.75) is 19.3 Å². The van der Waals surface area contributed by atoms with Gasteiger partial charge in [-0.25, -0.2) is 0 Å². The Morgan fingerprint density at radius 3 is 2.81 bits per heavy atom. The fourth-order valence-corrected chi connectivity index (χ4v) is 3.37. The molecule has 0 saturated heterocycles. The van der Waals surface area contributed by atoms with Gasteiger partial charge in [-0.3, -0.25) is 4.79 Å². The third-order valence-corrected chi connectivity index (χ3v) is 4.58. The van der Waals surface area contributed by atoms with Gasteiger partial charge in [0.1, 0.15) is 0 Å². The molecule has 2 nitrogen and oxygen atoms in total. The van der Waals surface area contributed by atoms with Crippen molar-refractivity contribution in [3.63, 3.8) is 0 Å². The van der Waals surface area contributed by atoms with Gasteiger partial charge in [-0.1, -0.05) is 36.4 Å². The minimum Gasteiger partial charge on any atom is -0.350 e. The van der Waals surface area contributed by atoms with E-state index in [9.17, 15) is 4.79 Å². The van der Waals surface area contributed by atoms with E-state index in [4.69, 9.17) is 0 Å². The van der Waals surface area contributed by atoms with E-state index in [0.29, 0.717) is 0 Å². The smallest absolute Gasteiger partial charge is 0.172 e. The normalized spacial score (nSPS) is 16.6. The molecule has 0 N–H and O–H groups in total. The van der Waals surface area contributed by atoms with E-state index in [-0.39, 0.29) is 11.7 Å². The Hall–Kier alpha value is -2.35. The van der Waals surface area contributed by atoms with E-state index >= 15 is 0 Å². The van der Waals surface area contributed by atoms with Crippen molar-refractivity contribution in [2.75, 3.05) is 0 Å². The summed E-state index contributed by atoms with van der Waals surface area (Å²) in [5.74, 6) is 0.288. The molecule has 1 unspecified atom stereocenters. The van der Waals surface area contributed by atoms with Gasteiger partial charge in [0.15, 0.2) is 5.78 Å². The Balaban J connectivity index is 1.80. The molecule has 21 heavy (non-hydrogen) atoms. The number of hydrogen-bond donors (Lipinski definition) is 0. The van der Waals surface area contributed by atoms with Crippen LogP contribution in [0.2, 0.25) is 0 Å². The molecule has 4 rings (SSSR count). The highest BCUT2D eigenvalue weighted by molar-refractivity contribution is 6.12. The second kappa shape index (κ2) is 4.32. The zero-order chi connectivity index (χ0) is 14.6.